The summed E-state index contributed by atoms with van der Waals surface area (Å²) in [5.41, 5.74) is 2.42. The van der Waals surface area contributed by atoms with E-state index in [-0.39, 0.29) is 5.91 Å². The lowest BCUT2D eigenvalue weighted by atomic mass is 9.95. The first-order valence-corrected chi connectivity index (χ1v) is 8.84. The molecule has 1 amide bonds. The van der Waals surface area contributed by atoms with Crippen molar-refractivity contribution < 1.29 is 4.79 Å². The summed E-state index contributed by atoms with van der Waals surface area (Å²) in [5, 5.41) is 11.2. The van der Waals surface area contributed by atoms with Gasteiger partial charge in [-0.1, -0.05) is 29.3 Å². The van der Waals surface area contributed by atoms with Gasteiger partial charge in [0.15, 0.2) is 0 Å². The lowest BCUT2D eigenvalue weighted by molar-refractivity contribution is -0.113. The minimum Gasteiger partial charge on any atom is -0.328 e. The molecule has 2 N–H and O–H groups in total. The van der Waals surface area contributed by atoms with Crippen molar-refractivity contribution in [2.75, 3.05) is 10.6 Å². The van der Waals surface area contributed by atoms with Gasteiger partial charge in [-0.2, -0.15) is 10.1 Å². The van der Waals surface area contributed by atoms with Crippen LogP contribution in [0.2, 0.25) is 10.0 Å². The molecule has 9 heteroatoms. The number of carbonyl (C=O) groups excluding carboxylic acids is 1. The second kappa shape index (κ2) is 7.02. The van der Waals surface area contributed by atoms with Crippen molar-refractivity contribution in [3.8, 4) is 0 Å². The van der Waals surface area contributed by atoms with E-state index in [9.17, 15) is 4.79 Å². The highest BCUT2D eigenvalue weighted by atomic mass is 35.5. The van der Waals surface area contributed by atoms with Gasteiger partial charge in [0.2, 0.25) is 5.95 Å². The minimum atomic E-state index is -0.551. The first-order chi connectivity index (χ1) is 13.0. The molecule has 0 radical (unpaired) electrons. The molecular formula is C18H14Cl2N6O. The normalized spacial score (nSPS) is 15.9. The number of aromatic nitrogens is 4. The van der Waals surface area contributed by atoms with Gasteiger partial charge in [-0.15, -0.1) is 0 Å². The Morgan fingerprint density at radius 2 is 2.15 bits per heavy atom. The minimum absolute atomic E-state index is 0.287. The van der Waals surface area contributed by atoms with E-state index in [1.54, 1.807) is 47.4 Å². The van der Waals surface area contributed by atoms with E-state index in [1.807, 2.05) is 6.92 Å². The maximum atomic E-state index is 13.1. The number of hydrogen-bond donors (Lipinski definition) is 2. The average Bonchev–Trinajstić information content (AvgIpc) is 3.09. The fourth-order valence-corrected chi connectivity index (χ4v) is 3.54. The predicted molar refractivity (Wildman–Crippen MR) is 104 cm³/mol. The molecule has 0 bridgehead atoms. The number of hydrogen-bond acceptors (Lipinski definition) is 5. The topological polar surface area (TPSA) is 84.7 Å². The highest BCUT2D eigenvalue weighted by Gasteiger charge is 2.34. The van der Waals surface area contributed by atoms with E-state index in [4.69, 9.17) is 23.2 Å². The molecular weight excluding hydrogens is 387 g/mol. The number of fused-ring (bicyclic) bond motifs is 1. The van der Waals surface area contributed by atoms with Crippen LogP contribution in [-0.4, -0.2) is 25.7 Å². The van der Waals surface area contributed by atoms with Gasteiger partial charge < -0.3 is 10.6 Å². The number of carbonyl (C=O) groups is 1. The first-order valence-electron chi connectivity index (χ1n) is 8.08. The Labute approximate surface area is 165 Å². The maximum Gasteiger partial charge on any atom is 0.255 e. The summed E-state index contributed by atoms with van der Waals surface area (Å²) in [6.07, 6.45) is 4.64. The Kier molecular flexibility index (Phi) is 4.55. The zero-order valence-electron chi connectivity index (χ0n) is 14.1. The molecule has 1 aromatic carbocycles. The van der Waals surface area contributed by atoms with Crippen LogP contribution in [-0.2, 0) is 4.79 Å². The van der Waals surface area contributed by atoms with Crippen molar-refractivity contribution in [2.24, 2.45) is 0 Å². The van der Waals surface area contributed by atoms with Gasteiger partial charge in [-0.3, -0.25) is 9.78 Å². The molecule has 0 saturated heterocycles. The number of pyridine rings is 1. The number of rotatable bonds is 3. The number of halogens is 2. The third-order valence-corrected chi connectivity index (χ3v) is 4.78. The molecule has 7 nitrogen and oxygen atoms in total. The van der Waals surface area contributed by atoms with Crippen molar-refractivity contribution in [1.29, 1.82) is 0 Å². The van der Waals surface area contributed by atoms with Gasteiger partial charge in [0.25, 0.3) is 5.91 Å². The highest BCUT2D eigenvalue weighted by molar-refractivity contribution is 6.35. The fourth-order valence-electron chi connectivity index (χ4n) is 3.03. The van der Waals surface area contributed by atoms with Gasteiger partial charge in [0.1, 0.15) is 12.4 Å². The Bertz CT molecular complexity index is 1050. The number of amides is 1. The summed E-state index contributed by atoms with van der Waals surface area (Å²) in [6, 6.07) is 8.12. The number of benzene rings is 1. The molecule has 1 atom stereocenters. The van der Waals surface area contributed by atoms with Crippen molar-refractivity contribution in [2.45, 2.75) is 13.0 Å². The van der Waals surface area contributed by atoms with E-state index >= 15 is 0 Å². The number of allylic oxidation sites excluding steroid dienone is 1. The molecule has 0 saturated carbocycles. The van der Waals surface area contributed by atoms with E-state index in [1.165, 1.54) is 6.33 Å². The summed E-state index contributed by atoms with van der Waals surface area (Å²) in [6.45, 7) is 1.81. The van der Waals surface area contributed by atoms with E-state index in [0.29, 0.717) is 38.5 Å². The van der Waals surface area contributed by atoms with Crippen LogP contribution < -0.4 is 10.6 Å². The Morgan fingerprint density at radius 3 is 2.89 bits per heavy atom. The van der Waals surface area contributed by atoms with Crippen LogP contribution in [0.1, 0.15) is 18.5 Å². The number of nitrogens with zero attached hydrogens (tertiary/aromatic N) is 4. The first kappa shape index (κ1) is 17.5. The highest BCUT2D eigenvalue weighted by Crippen LogP contribution is 2.38. The van der Waals surface area contributed by atoms with Crippen LogP contribution in [0.3, 0.4) is 0 Å². The van der Waals surface area contributed by atoms with Gasteiger partial charge in [0, 0.05) is 27.5 Å². The molecule has 1 aliphatic heterocycles. The van der Waals surface area contributed by atoms with Crippen molar-refractivity contribution in [3.63, 3.8) is 0 Å². The van der Waals surface area contributed by atoms with Gasteiger partial charge >= 0.3 is 0 Å². The SMILES string of the molecule is CC1=C(C(=O)Nc2cccnc2)[C@@H](c2ccc(Cl)cc2Cl)n2ncnc2N1. The average molecular weight is 401 g/mol. The Hall–Kier alpha value is -2.90. The zero-order chi connectivity index (χ0) is 19.0. The molecule has 0 fully saturated rings. The molecule has 0 unspecified atom stereocenters. The molecule has 2 aromatic heterocycles. The maximum absolute atomic E-state index is 13.1. The second-order valence-electron chi connectivity index (χ2n) is 5.96. The standard InChI is InChI=1S/C18H14Cl2N6O/c1-10-15(17(27)25-12-3-2-6-21-8-12)16(26-18(24-10)22-9-23-26)13-5-4-11(19)7-14(13)20/h2-9,16H,1H3,(H,25,27)(H,22,23,24)/t16-/m1/s1. The van der Waals surface area contributed by atoms with Gasteiger partial charge in [0.05, 0.1) is 17.5 Å². The zero-order valence-corrected chi connectivity index (χ0v) is 15.7. The lowest BCUT2D eigenvalue weighted by Gasteiger charge is -2.29. The summed E-state index contributed by atoms with van der Waals surface area (Å²) in [7, 11) is 0. The molecule has 27 heavy (non-hydrogen) atoms. The van der Waals surface area contributed by atoms with Gasteiger partial charge in [-0.05, 0) is 31.2 Å². The molecule has 1 aliphatic rings. The monoisotopic (exact) mass is 400 g/mol. The Morgan fingerprint density at radius 1 is 1.30 bits per heavy atom. The summed E-state index contributed by atoms with van der Waals surface area (Å²) >= 11 is 12.5. The van der Waals surface area contributed by atoms with Crippen molar-refractivity contribution in [3.05, 3.63) is 75.9 Å². The van der Waals surface area contributed by atoms with E-state index in [0.717, 1.165) is 0 Å². The third-order valence-electron chi connectivity index (χ3n) is 4.22. The smallest absolute Gasteiger partial charge is 0.255 e. The predicted octanol–water partition coefficient (Wildman–Crippen LogP) is 3.91. The summed E-state index contributed by atoms with van der Waals surface area (Å²) in [4.78, 5) is 21.3. The van der Waals surface area contributed by atoms with Crippen LogP contribution in [0, 0.1) is 0 Å². The second-order valence-corrected chi connectivity index (χ2v) is 6.80. The van der Waals surface area contributed by atoms with Crippen LogP contribution >= 0.6 is 23.2 Å². The summed E-state index contributed by atoms with van der Waals surface area (Å²) < 4.78 is 1.63. The molecule has 4 rings (SSSR count). The van der Waals surface area contributed by atoms with Crippen molar-refractivity contribution >= 4 is 40.7 Å². The largest absolute Gasteiger partial charge is 0.328 e. The molecule has 3 aromatic rings. The quantitative estimate of drug-likeness (QED) is 0.695. The van der Waals surface area contributed by atoms with Crippen molar-refractivity contribution in [1.82, 2.24) is 19.7 Å². The van der Waals surface area contributed by atoms with E-state index in [2.05, 4.69) is 25.7 Å². The van der Waals surface area contributed by atoms with Crippen LogP contribution in [0.5, 0.6) is 0 Å². The molecule has 136 valence electrons. The Balaban J connectivity index is 1.81. The van der Waals surface area contributed by atoms with Crippen LogP contribution in [0.15, 0.2) is 60.3 Å². The van der Waals surface area contributed by atoms with E-state index < -0.39 is 6.04 Å². The number of anilines is 2. The lowest BCUT2D eigenvalue weighted by Crippen LogP contribution is -2.31. The number of nitrogens with one attached hydrogen (secondary N) is 2. The third kappa shape index (κ3) is 3.27. The molecule has 3 heterocycles. The van der Waals surface area contributed by atoms with Gasteiger partial charge in [-0.25, -0.2) is 4.68 Å². The van der Waals surface area contributed by atoms with Crippen LogP contribution in [0.4, 0.5) is 11.6 Å². The summed E-state index contributed by atoms with van der Waals surface area (Å²) in [5.74, 6) is 0.242. The molecule has 0 spiro atoms. The fraction of sp³-hybridized carbons (Fsp3) is 0.111. The molecule has 0 aliphatic carbocycles. The van der Waals surface area contributed by atoms with Crippen LogP contribution in [0.25, 0.3) is 0 Å².